The van der Waals surface area contributed by atoms with Gasteiger partial charge in [-0.3, -0.25) is 14.4 Å². The van der Waals surface area contributed by atoms with Crippen LogP contribution in [-0.2, 0) is 14.3 Å². The van der Waals surface area contributed by atoms with E-state index in [-0.39, 0.29) is 23.6 Å². The van der Waals surface area contributed by atoms with Gasteiger partial charge in [0.25, 0.3) is 5.91 Å². The summed E-state index contributed by atoms with van der Waals surface area (Å²) in [7, 11) is 1.34. The molecule has 43 heavy (non-hydrogen) atoms. The summed E-state index contributed by atoms with van der Waals surface area (Å²) in [5.41, 5.74) is 2.80. The lowest BCUT2D eigenvalue weighted by Crippen LogP contribution is -2.44. The Morgan fingerprint density at radius 2 is 1.53 bits per heavy atom. The van der Waals surface area contributed by atoms with Crippen LogP contribution in [-0.4, -0.2) is 97.9 Å². The van der Waals surface area contributed by atoms with Crippen molar-refractivity contribution in [3.05, 3.63) is 64.2 Å². The second kappa shape index (κ2) is 13.5. The van der Waals surface area contributed by atoms with Gasteiger partial charge in [0, 0.05) is 74.9 Å². The molecule has 9 nitrogen and oxygen atoms in total. The third-order valence-corrected chi connectivity index (χ3v) is 9.69. The lowest BCUT2D eigenvalue weighted by atomic mass is 9.94. The Bertz CT molecular complexity index is 1340. The first-order chi connectivity index (χ1) is 20.6. The summed E-state index contributed by atoms with van der Waals surface area (Å²) in [5.74, 6) is 0.497. The average Bonchev–Trinajstić information content (AvgIpc) is 3.59. The zero-order valence-electron chi connectivity index (χ0n) is 25.3. The number of nitrogens with zero attached hydrogens (tertiary/aromatic N) is 4. The molecule has 230 valence electrons. The molecule has 2 atom stereocenters. The summed E-state index contributed by atoms with van der Waals surface area (Å²) < 4.78 is 4.74. The maximum absolute atomic E-state index is 13.7. The molecule has 3 fully saturated rings. The Hall–Kier alpha value is -3.43. The van der Waals surface area contributed by atoms with Crippen LogP contribution < -0.4 is 4.90 Å². The van der Waals surface area contributed by atoms with E-state index in [4.69, 9.17) is 16.3 Å². The van der Waals surface area contributed by atoms with Gasteiger partial charge < -0.3 is 24.3 Å². The van der Waals surface area contributed by atoms with Gasteiger partial charge in [-0.05, 0) is 86.5 Å². The molecule has 2 aromatic rings. The quantitative estimate of drug-likeness (QED) is 0.419. The van der Waals surface area contributed by atoms with E-state index in [0.29, 0.717) is 60.5 Å². The predicted molar refractivity (Wildman–Crippen MR) is 165 cm³/mol. The number of methoxy groups -OCH3 is 1. The summed E-state index contributed by atoms with van der Waals surface area (Å²) in [4.78, 5) is 58.4. The SMILES string of the molecule is COC(=O)c1ccc(C(=O)N2CC3CN(CCCN(C(=O)C4CCN(C(C)=O)CC4)c4ccc(C)c(Cl)c4)CC3C2)cc1. The van der Waals surface area contributed by atoms with Crippen molar-refractivity contribution in [3.8, 4) is 0 Å². The first kappa shape index (κ1) is 31.0. The molecule has 0 N–H and O–H groups in total. The van der Waals surface area contributed by atoms with Crippen molar-refractivity contribution < 1.29 is 23.9 Å². The minimum atomic E-state index is -0.417. The third kappa shape index (κ3) is 7.04. The summed E-state index contributed by atoms with van der Waals surface area (Å²) in [6.07, 6.45) is 2.18. The molecule has 0 saturated carbocycles. The molecule has 3 aliphatic rings. The van der Waals surface area contributed by atoms with Gasteiger partial charge in [0.15, 0.2) is 0 Å². The van der Waals surface area contributed by atoms with Crippen LogP contribution in [0.25, 0.3) is 0 Å². The molecule has 3 saturated heterocycles. The molecule has 2 unspecified atom stereocenters. The van der Waals surface area contributed by atoms with E-state index in [0.717, 1.165) is 50.4 Å². The Balaban J connectivity index is 1.14. The number of esters is 1. The van der Waals surface area contributed by atoms with Crippen molar-refractivity contribution in [3.63, 3.8) is 0 Å². The fourth-order valence-electron chi connectivity index (χ4n) is 6.72. The standard InChI is InChI=1S/C33H41ClN4O5/c1-22-5-10-29(17-30(22)34)38(32(41)25-11-15-36(16-12-25)23(2)39)14-4-13-35-18-27-20-37(21-28(27)19-35)31(40)24-6-8-26(9-7-24)33(42)43-3/h5-10,17,25,27-28H,4,11-16,18-21H2,1-3H3. The fraction of sp³-hybridized carbons (Fsp3) is 0.515. The number of anilines is 1. The first-order valence-electron chi connectivity index (χ1n) is 15.2. The molecule has 3 amide bonds. The number of hydrogen-bond acceptors (Lipinski definition) is 6. The van der Waals surface area contributed by atoms with Crippen molar-refractivity contribution in [2.45, 2.75) is 33.1 Å². The van der Waals surface area contributed by atoms with Gasteiger partial charge in [-0.15, -0.1) is 0 Å². The van der Waals surface area contributed by atoms with Gasteiger partial charge >= 0.3 is 5.97 Å². The van der Waals surface area contributed by atoms with Crippen molar-refractivity contribution in [1.82, 2.24) is 14.7 Å². The summed E-state index contributed by atoms with van der Waals surface area (Å²) in [6.45, 7) is 9.56. The maximum Gasteiger partial charge on any atom is 0.337 e. The van der Waals surface area contributed by atoms with Crippen LogP contribution in [0.2, 0.25) is 5.02 Å². The Morgan fingerprint density at radius 3 is 2.12 bits per heavy atom. The average molecular weight is 609 g/mol. The molecule has 0 aromatic heterocycles. The van der Waals surface area contributed by atoms with Crippen LogP contribution in [0.4, 0.5) is 5.69 Å². The summed E-state index contributed by atoms with van der Waals surface area (Å²) >= 11 is 6.46. The zero-order valence-corrected chi connectivity index (χ0v) is 26.0. The molecule has 10 heteroatoms. The van der Waals surface area contributed by atoms with Crippen molar-refractivity contribution in [2.75, 3.05) is 64.4 Å². The third-order valence-electron chi connectivity index (χ3n) is 9.28. The minimum Gasteiger partial charge on any atom is -0.465 e. The predicted octanol–water partition coefficient (Wildman–Crippen LogP) is 4.12. The Kier molecular flexibility index (Phi) is 9.72. The number of carbonyl (C=O) groups excluding carboxylic acids is 4. The summed E-state index contributed by atoms with van der Waals surface area (Å²) in [5, 5.41) is 0.646. The topological polar surface area (TPSA) is 90.5 Å². The van der Waals surface area contributed by atoms with Gasteiger partial charge in [-0.1, -0.05) is 17.7 Å². The molecule has 0 spiro atoms. The van der Waals surface area contributed by atoms with Crippen molar-refractivity contribution in [2.24, 2.45) is 17.8 Å². The lowest BCUT2D eigenvalue weighted by Gasteiger charge is -2.34. The molecule has 3 heterocycles. The van der Waals surface area contributed by atoms with E-state index >= 15 is 0 Å². The number of aryl methyl sites for hydroxylation is 1. The summed E-state index contributed by atoms with van der Waals surface area (Å²) in [6, 6.07) is 12.5. The van der Waals surface area contributed by atoms with Crippen molar-refractivity contribution in [1.29, 1.82) is 0 Å². The zero-order chi connectivity index (χ0) is 30.7. The molecule has 0 bridgehead atoms. The van der Waals surface area contributed by atoms with Gasteiger partial charge in [0.1, 0.15) is 0 Å². The highest BCUT2D eigenvalue weighted by Gasteiger charge is 2.41. The van der Waals surface area contributed by atoms with E-state index in [1.807, 2.05) is 39.8 Å². The van der Waals surface area contributed by atoms with Gasteiger partial charge in [-0.25, -0.2) is 4.79 Å². The number of benzene rings is 2. The highest BCUT2D eigenvalue weighted by Crippen LogP contribution is 2.33. The van der Waals surface area contributed by atoms with Crippen LogP contribution in [0, 0.1) is 24.7 Å². The molecule has 3 aliphatic heterocycles. The highest BCUT2D eigenvalue weighted by atomic mass is 35.5. The number of likely N-dealkylation sites (tertiary alicyclic amines) is 3. The number of ether oxygens (including phenoxy) is 1. The van der Waals surface area contributed by atoms with E-state index < -0.39 is 5.97 Å². The second-order valence-electron chi connectivity index (χ2n) is 12.1. The number of fused-ring (bicyclic) bond motifs is 1. The smallest absolute Gasteiger partial charge is 0.337 e. The van der Waals surface area contributed by atoms with Crippen LogP contribution in [0.3, 0.4) is 0 Å². The number of hydrogen-bond donors (Lipinski definition) is 0. The fourth-order valence-corrected chi connectivity index (χ4v) is 6.89. The number of carbonyl (C=O) groups is 4. The lowest BCUT2D eigenvalue weighted by molar-refractivity contribution is -0.133. The van der Waals surface area contributed by atoms with Crippen LogP contribution >= 0.6 is 11.6 Å². The number of halogens is 1. The molecule has 0 aliphatic carbocycles. The molecule has 2 aromatic carbocycles. The second-order valence-corrected chi connectivity index (χ2v) is 12.5. The van der Waals surface area contributed by atoms with E-state index in [2.05, 4.69) is 4.90 Å². The maximum atomic E-state index is 13.7. The van der Waals surface area contributed by atoms with Gasteiger partial charge in [-0.2, -0.15) is 0 Å². The molecular formula is C33H41ClN4O5. The van der Waals surface area contributed by atoms with E-state index in [1.54, 1.807) is 31.2 Å². The largest absolute Gasteiger partial charge is 0.465 e. The van der Waals surface area contributed by atoms with E-state index in [9.17, 15) is 19.2 Å². The molecular weight excluding hydrogens is 568 g/mol. The molecule has 0 radical (unpaired) electrons. The number of piperidine rings is 1. The van der Waals surface area contributed by atoms with Crippen molar-refractivity contribution >= 4 is 41.0 Å². The number of amides is 3. The first-order valence-corrected chi connectivity index (χ1v) is 15.6. The van der Waals surface area contributed by atoms with Gasteiger partial charge in [0.05, 0.1) is 12.7 Å². The van der Waals surface area contributed by atoms with Crippen LogP contribution in [0.5, 0.6) is 0 Å². The normalized spacial score (nSPS) is 20.7. The minimum absolute atomic E-state index is 0.00239. The monoisotopic (exact) mass is 608 g/mol. The van der Waals surface area contributed by atoms with Gasteiger partial charge in [0.2, 0.25) is 11.8 Å². The van der Waals surface area contributed by atoms with Crippen LogP contribution in [0.15, 0.2) is 42.5 Å². The Labute approximate surface area is 258 Å². The van der Waals surface area contributed by atoms with Crippen LogP contribution in [0.1, 0.15) is 52.5 Å². The van der Waals surface area contributed by atoms with E-state index in [1.165, 1.54) is 7.11 Å². The number of rotatable bonds is 8. The Morgan fingerprint density at radius 1 is 0.907 bits per heavy atom. The highest BCUT2D eigenvalue weighted by molar-refractivity contribution is 6.31. The molecule has 5 rings (SSSR count).